The lowest BCUT2D eigenvalue weighted by Gasteiger charge is -2.19. The number of fused-ring (bicyclic) bond motifs is 6. The van der Waals surface area contributed by atoms with Gasteiger partial charge in [0.2, 0.25) is 0 Å². The van der Waals surface area contributed by atoms with Gasteiger partial charge in [0.15, 0.2) is 6.17 Å². The van der Waals surface area contributed by atoms with Gasteiger partial charge in [0, 0.05) is 47.8 Å². The van der Waals surface area contributed by atoms with Crippen LogP contribution in [0, 0.1) is 0 Å². The number of hydrogen-bond donors (Lipinski definition) is 2. The molecule has 0 amide bonds. The van der Waals surface area contributed by atoms with Crippen LogP contribution in [0.15, 0.2) is 199 Å². The molecule has 5 heteroatoms. The van der Waals surface area contributed by atoms with Crippen molar-refractivity contribution < 1.29 is 4.99 Å². The Morgan fingerprint density at radius 2 is 1.16 bits per heavy atom. The van der Waals surface area contributed by atoms with E-state index in [1.165, 1.54) is 58.7 Å². The summed E-state index contributed by atoms with van der Waals surface area (Å²) < 4.78 is 4.92. The number of aliphatic imine (C=N–C) groups is 1. The average molecular weight is 736 g/mol. The van der Waals surface area contributed by atoms with Crippen LogP contribution < -0.4 is 10.3 Å². The van der Waals surface area contributed by atoms with Crippen molar-refractivity contribution >= 4 is 65.0 Å². The molecule has 1 aliphatic rings. The number of para-hydroxylation sites is 2. The minimum Gasteiger partial charge on any atom is -0.309 e. The number of aromatic nitrogens is 1. The van der Waals surface area contributed by atoms with Crippen LogP contribution in [0.2, 0.25) is 0 Å². The summed E-state index contributed by atoms with van der Waals surface area (Å²) in [5.41, 5.74) is 11.4. The van der Waals surface area contributed by atoms with Crippen molar-refractivity contribution in [3.63, 3.8) is 0 Å². The standard InChI is InChI=1S/C51H34N4S/c1-3-14-33(15-4-1)34-16-11-18-36(30-34)49-52-50(54-51(53-49)38-28-29-42-41-22-8-10-27-46(41)56-47(42)32-38)37-19-12-17-35(31-37)40-24-13-26-45-48(40)43-23-7-9-25-44(43)55(45)39-20-5-2-6-21-39/h1-32,49H,(H,52,53,54)/p+1. The summed E-state index contributed by atoms with van der Waals surface area (Å²) in [5.74, 6) is 1.66. The molecule has 8 aromatic carbocycles. The smallest absolute Gasteiger partial charge is 0.309 e. The largest absolute Gasteiger partial charge is 0.328 e. The molecular formula is C51H35N4S+. The highest BCUT2D eigenvalue weighted by molar-refractivity contribution is 7.25. The Labute approximate surface area is 328 Å². The van der Waals surface area contributed by atoms with Crippen molar-refractivity contribution in [3.8, 4) is 27.9 Å². The maximum absolute atomic E-state index is 5.34. The molecular weight excluding hydrogens is 701 g/mol. The molecule has 1 aliphatic heterocycles. The lowest BCUT2D eigenvalue weighted by molar-refractivity contribution is -0.516. The summed E-state index contributed by atoms with van der Waals surface area (Å²) in [7, 11) is 0. The Bertz CT molecular complexity index is 3170. The highest BCUT2D eigenvalue weighted by atomic mass is 32.1. The Morgan fingerprint density at radius 3 is 2.05 bits per heavy atom. The molecule has 1 atom stereocenters. The van der Waals surface area contributed by atoms with Crippen LogP contribution in [-0.2, 0) is 0 Å². The van der Waals surface area contributed by atoms with Gasteiger partial charge in [0.25, 0.3) is 5.84 Å². The Morgan fingerprint density at radius 1 is 0.482 bits per heavy atom. The molecule has 1 unspecified atom stereocenters. The number of nitrogens with one attached hydrogen (secondary N) is 2. The molecule has 4 nitrogen and oxygen atoms in total. The fourth-order valence-corrected chi connectivity index (χ4v) is 9.44. The maximum Gasteiger partial charge on any atom is 0.328 e. The van der Waals surface area contributed by atoms with Crippen LogP contribution in [0.1, 0.15) is 22.9 Å². The van der Waals surface area contributed by atoms with Gasteiger partial charge in [-0.1, -0.05) is 133 Å². The second-order valence-corrected chi connectivity index (χ2v) is 15.4. The van der Waals surface area contributed by atoms with E-state index in [1.54, 1.807) is 0 Å². The first kappa shape index (κ1) is 32.4. The molecule has 0 saturated heterocycles. The van der Waals surface area contributed by atoms with Crippen molar-refractivity contribution in [1.29, 1.82) is 0 Å². The van der Waals surface area contributed by atoms with Crippen molar-refractivity contribution in [1.82, 2.24) is 9.88 Å². The van der Waals surface area contributed by atoms with Gasteiger partial charge >= 0.3 is 5.84 Å². The molecule has 0 bridgehead atoms. The number of thiophene rings is 1. The van der Waals surface area contributed by atoms with Crippen molar-refractivity contribution in [2.45, 2.75) is 6.17 Å². The predicted molar refractivity (Wildman–Crippen MR) is 235 cm³/mol. The van der Waals surface area contributed by atoms with Crippen LogP contribution in [0.3, 0.4) is 0 Å². The predicted octanol–water partition coefficient (Wildman–Crippen LogP) is 11.1. The van der Waals surface area contributed by atoms with Crippen LogP contribution in [-0.4, -0.2) is 16.2 Å². The molecule has 264 valence electrons. The molecule has 2 N–H and O–H groups in total. The van der Waals surface area contributed by atoms with Crippen LogP contribution >= 0.6 is 11.3 Å². The lowest BCUT2D eigenvalue weighted by atomic mass is 9.97. The molecule has 0 spiro atoms. The van der Waals surface area contributed by atoms with Gasteiger partial charge in [-0.25, -0.2) is 4.99 Å². The molecule has 2 aromatic heterocycles. The van der Waals surface area contributed by atoms with E-state index >= 15 is 0 Å². The van der Waals surface area contributed by atoms with Gasteiger partial charge in [0.1, 0.15) is 0 Å². The number of hydrogen-bond acceptors (Lipinski definition) is 3. The maximum atomic E-state index is 5.34. The molecule has 3 heterocycles. The first-order chi connectivity index (χ1) is 27.7. The number of amidine groups is 2. The normalized spacial score (nSPS) is 14.2. The summed E-state index contributed by atoms with van der Waals surface area (Å²) >= 11 is 1.83. The van der Waals surface area contributed by atoms with E-state index < -0.39 is 0 Å². The third-order valence-electron chi connectivity index (χ3n) is 10.9. The van der Waals surface area contributed by atoms with E-state index in [0.717, 1.165) is 39.6 Å². The number of nitrogens with zero attached hydrogens (tertiary/aromatic N) is 2. The number of rotatable bonds is 6. The number of benzene rings is 8. The highest BCUT2D eigenvalue weighted by Crippen LogP contribution is 2.39. The molecule has 0 radical (unpaired) electrons. The van der Waals surface area contributed by atoms with Crippen molar-refractivity contribution in [3.05, 3.63) is 211 Å². The quantitative estimate of drug-likeness (QED) is 0.175. The Kier molecular flexibility index (Phi) is 7.71. The van der Waals surface area contributed by atoms with E-state index in [4.69, 9.17) is 4.99 Å². The van der Waals surface area contributed by atoms with Gasteiger partial charge < -0.3 is 9.88 Å². The zero-order valence-electron chi connectivity index (χ0n) is 30.4. The van der Waals surface area contributed by atoms with E-state index in [0.29, 0.717) is 0 Å². The fraction of sp³-hybridized carbons (Fsp3) is 0.0196. The first-order valence-electron chi connectivity index (χ1n) is 19.0. The van der Waals surface area contributed by atoms with Gasteiger partial charge in [0.05, 0.1) is 16.6 Å². The molecule has 11 rings (SSSR count). The summed E-state index contributed by atoms with van der Waals surface area (Å²) in [6, 6.07) is 69.5. The van der Waals surface area contributed by atoms with Crippen LogP contribution in [0.25, 0.3) is 69.9 Å². The fourth-order valence-electron chi connectivity index (χ4n) is 8.30. The van der Waals surface area contributed by atoms with E-state index in [1.807, 2.05) is 11.3 Å². The first-order valence-corrected chi connectivity index (χ1v) is 19.8. The molecule has 56 heavy (non-hydrogen) atoms. The Hall–Kier alpha value is -7.08. The minimum absolute atomic E-state index is 0.213. The third-order valence-corrected chi connectivity index (χ3v) is 12.1. The second-order valence-electron chi connectivity index (χ2n) is 14.3. The van der Waals surface area contributed by atoms with E-state index in [9.17, 15) is 0 Å². The van der Waals surface area contributed by atoms with Crippen molar-refractivity contribution in [2.75, 3.05) is 0 Å². The SMILES string of the molecule is c1ccc(-c2cccc(C3NC(c4cccc(-c5cccc6c5c5ccccc5n6-c5ccccc5)c4)=NC(c4ccc5c(c4)sc4ccccc45)=[NH+]3)c2)cc1. The Balaban J connectivity index is 1.05. The zero-order valence-corrected chi connectivity index (χ0v) is 31.2. The second kappa shape index (κ2) is 13.3. The minimum atomic E-state index is -0.213. The van der Waals surface area contributed by atoms with E-state index in [-0.39, 0.29) is 6.17 Å². The molecule has 0 saturated carbocycles. The highest BCUT2D eigenvalue weighted by Gasteiger charge is 2.29. The molecule has 10 aromatic rings. The lowest BCUT2D eigenvalue weighted by Crippen LogP contribution is -2.80. The van der Waals surface area contributed by atoms with Gasteiger partial charge in [-0.15, -0.1) is 11.3 Å². The zero-order chi connectivity index (χ0) is 37.0. The van der Waals surface area contributed by atoms with Gasteiger partial charge in [-0.05, 0) is 87.9 Å². The molecule has 0 aliphatic carbocycles. The summed E-state index contributed by atoms with van der Waals surface area (Å²) in [6.07, 6.45) is -0.213. The third kappa shape index (κ3) is 5.52. The van der Waals surface area contributed by atoms with Gasteiger partial charge in [-0.2, -0.15) is 0 Å². The summed E-state index contributed by atoms with van der Waals surface area (Å²) in [5, 5.41) is 8.85. The van der Waals surface area contributed by atoms with Gasteiger partial charge in [-0.3, -0.25) is 0 Å². The molecule has 0 fully saturated rings. The van der Waals surface area contributed by atoms with Crippen molar-refractivity contribution in [2.24, 2.45) is 4.99 Å². The topological polar surface area (TPSA) is 43.3 Å². The summed E-state index contributed by atoms with van der Waals surface area (Å²) in [4.78, 5) is 9.13. The monoisotopic (exact) mass is 735 g/mol. The average Bonchev–Trinajstić information content (AvgIpc) is 3.82. The summed E-state index contributed by atoms with van der Waals surface area (Å²) in [6.45, 7) is 0. The van der Waals surface area contributed by atoms with E-state index in [2.05, 4.69) is 209 Å². The van der Waals surface area contributed by atoms with Crippen LogP contribution in [0.5, 0.6) is 0 Å². The van der Waals surface area contributed by atoms with Crippen LogP contribution in [0.4, 0.5) is 0 Å².